The van der Waals surface area contributed by atoms with E-state index in [1.807, 2.05) is 89.5 Å². The van der Waals surface area contributed by atoms with Crippen LogP contribution in [0.2, 0.25) is 0 Å². The molecule has 0 aliphatic rings. The van der Waals surface area contributed by atoms with Gasteiger partial charge in [0.15, 0.2) is 11.4 Å². The molecule has 39 heavy (non-hydrogen) atoms. The Hall–Kier alpha value is -5.24. The summed E-state index contributed by atoms with van der Waals surface area (Å²) in [6, 6.07) is 30.5. The third-order valence-corrected chi connectivity index (χ3v) is 6.48. The molecule has 2 N–H and O–H groups in total. The molecule has 0 aliphatic carbocycles. The number of amides is 2. The lowest BCUT2D eigenvalue weighted by Crippen LogP contribution is -2.27. The molecule has 8 heteroatoms. The number of nitrogens with zero attached hydrogens (tertiary/aromatic N) is 3. The van der Waals surface area contributed by atoms with E-state index < -0.39 is 5.91 Å². The van der Waals surface area contributed by atoms with E-state index in [-0.39, 0.29) is 17.2 Å². The summed E-state index contributed by atoms with van der Waals surface area (Å²) in [5, 5.41) is 5.94. The average Bonchev–Trinajstić information content (AvgIpc) is 3.60. The summed E-state index contributed by atoms with van der Waals surface area (Å²) in [6.07, 6.45) is 2.10. The van der Waals surface area contributed by atoms with E-state index >= 15 is 0 Å². The fourth-order valence-electron chi connectivity index (χ4n) is 4.59. The zero-order valence-electron chi connectivity index (χ0n) is 21.0. The van der Waals surface area contributed by atoms with Crippen LogP contribution in [-0.2, 0) is 13.0 Å². The number of benzene rings is 3. The zero-order valence-corrected chi connectivity index (χ0v) is 21.0. The predicted molar refractivity (Wildman–Crippen MR) is 150 cm³/mol. The Labute approximate surface area is 224 Å². The molecule has 0 atom stereocenters. The maximum atomic E-state index is 13.8. The molecule has 3 aromatic carbocycles. The highest BCUT2D eigenvalue weighted by Gasteiger charge is 2.27. The van der Waals surface area contributed by atoms with Crippen LogP contribution in [0.4, 0.5) is 5.82 Å². The Morgan fingerprint density at radius 2 is 1.41 bits per heavy atom. The van der Waals surface area contributed by atoms with Gasteiger partial charge in [0, 0.05) is 6.54 Å². The molecule has 8 nitrogen and oxygen atoms in total. The molecule has 0 unspecified atom stereocenters. The van der Waals surface area contributed by atoms with Crippen LogP contribution in [0.25, 0.3) is 22.2 Å². The molecule has 3 heterocycles. The first-order valence-electron chi connectivity index (χ1n) is 12.7. The average molecular weight is 516 g/mol. The number of rotatable bonds is 8. The normalized spacial score (nSPS) is 11.1. The van der Waals surface area contributed by atoms with Gasteiger partial charge in [-0.25, -0.2) is 9.97 Å². The molecular formula is C31H25N5O3. The maximum Gasteiger partial charge on any atom is 0.292 e. The summed E-state index contributed by atoms with van der Waals surface area (Å²) in [4.78, 5) is 36.7. The second-order valence-corrected chi connectivity index (χ2v) is 9.10. The minimum absolute atomic E-state index is 0.132. The van der Waals surface area contributed by atoms with Crippen LogP contribution in [0.3, 0.4) is 0 Å². The molecule has 192 valence electrons. The SMILES string of the molecule is O=C(Nc1c(C(=O)NCCc2ccccc2)c2nc3ccccc3nc2n1Cc1ccccc1)c1ccco1. The van der Waals surface area contributed by atoms with Gasteiger partial charge in [-0.05, 0) is 41.8 Å². The Bertz CT molecular complexity index is 1760. The number of para-hydroxylation sites is 2. The van der Waals surface area contributed by atoms with Gasteiger partial charge in [-0.15, -0.1) is 0 Å². The molecule has 6 aromatic rings. The second-order valence-electron chi connectivity index (χ2n) is 9.10. The third-order valence-electron chi connectivity index (χ3n) is 6.48. The van der Waals surface area contributed by atoms with Crippen LogP contribution < -0.4 is 10.6 Å². The number of carbonyl (C=O) groups excluding carboxylic acids is 2. The molecule has 3 aromatic heterocycles. The van der Waals surface area contributed by atoms with Crippen molar-refractivity contribution in [1.82, 2.24) is 19.9 Å². The smallest absolute Gasteiger partial charge is 0.292 e. The monoisotopic (exact) mass is 515 g/mol. The summed E-state index contributed by atoms with van der Waals surface area (Å²) in [5.41, 5.74) is 4.61. The Kier molecular flexibility index (Phi) is 6.57. The van der Waals surface area contributed by atoms with Crippen LogP contribution >= 0.6 is 0 Å². The molecule has 0 spiro atoms. The van der Waals surface area contributed by atoms with Crippen LogP contribution in [0.15, 0.2) is 108 Å². The number of aromatic nitrogens is 3. The zero-order chi connectivity index (χ0) is 26.6. The van der Waals surface area contributed by atoms with Crippen molar-refractivity contribution in [3.63, 3.8) is 0 Å². The molecule has 6 rings (SSSR count). The lowest BCUT2D eigenvalue weighted by atomic mass is 10.1. The highest BCUT2D eigenvalue weighted by molar-refractivity contribution is 6.14. The summed E-state index contributed by atoms with van der Waals surface area (Å²) >= 11 is 0. The topological polar surface area (TPSA) is 102 Å². The lowest BCUT2D eigenvalue weighted by molar-refractivity contribution is 0.0956. The number of anilines is 1. The molecule has 0 saturated heterocycles. The highest BCUT2D eigenvalue weighted by Crippen LogP contribution is 2.31. The van der Waals surface area contributed by atoms with Gasteiger partial charge in [0.1, 0.15) is 16.9 Å². The van der Waals surface area contributed by atoms with Crippen molar-refractivity contribution in [2.24, 2.45) is 0 Å². The van der Waals surface area contributed by atoms with Crippen LogP contribution in [0.5, 0.6) is 0 Å². The molecule has 0 fully saturated rings. The maximum absolute atomic E-state index is 13.8. The first kappa shape index (κ1) is 24.1. The van der Waals surface area contributed by atoms with Gasteiger partial charge < -0.3 is 19.6 Å². The fraction of sp³-hybridized carbons (Fsp3) is 0.0968. The molecule has 0 bridgehead atoms. The number of carbonyl (C=O) groups is 2. The van der Waals surface area contributed by atoms with E-state index in [1.165, 1.54) is 6.26 Å². The molecule has 0 aliphatic heterocycles. The largest absolute Gasteiger partial charge is 0.459 e. The summed E-state index contributed by atoms with van der Waals surface area (Å²) in [5.74, 6) is -0.377. The van der Waals surface area contributed by atoms with Gasteiger partial charge in [0.25, 0.3) is 11.8 Å². The van der Waals surface area contributed by atoms with Crippen LogP contribution in [0.1, 0.15) is 32.0 Å². The third kappa shape index (κ3) is 5.00. The van der Waals surface area contributed by atoms with Crippen molar-refractivity contribution in [3.8, 4) is 0 Å². The van der Waals surface area contributed by atoms with Gasteiger partial charge >= 0.3 is 0 Å². The first-order valence-corrected chi connectivity index (χ1v) is 12.7. The Morgan fingerprint density at radius 1 is 0.744 bits per heavy atom. The molecule has 0 saturated carbocycles. The number of hydrogen-bond acceptors (Lipinski definition) is 5. The van der Waals surface area contributed by atoms with Crippen LogP contribution in [0, 0.1) is 0 Å². The van der Waals surface area contributed by atoms with Crippen molar-refractivity contribution < 1.29 is 14.0 Å². The van der Waals surface area contributed by atoms with Crippen LogP contribution in [-0.4, -0.2) is 32.9 Å². The summed E-state index contributed by atoms with van der Waals surface area (Å²) < 4.78 is 7.15. The summed E-state index contributed by atoms with van der Waals surface area (Å²) in [7, 11) is 0. The number of hydrogen-bond donors (Lipinski definition) is 2. The quantitative estimate of drug-likeness (QED) is 0.281. The lowest BCUT2D eigenvalue weighted by Gasteiger charge is -2.13. The first-order chi connectivity index (χ1) is 19.2. The minimum atomic E-state index is -0.472. The van der Waals surface area contributed by atoms with E-state index in [0.717, 1.165) is 11.1 Å². The van der Waals surface area contributed by atoms with E-state index in [2.05, 4.69) is 10.6 Å². The Balaban J connectivity index is 1.48. The summed E-state index contributed by atoms with van der Waals surface area (Å²) in [6.45, 7) is 0.788. The van der Waals surface area contributed by atoms with Crippen molar-refractivity contribution in [2.45, 2.75) is 13.0 Å². The van der Waals surface area contributed by atoms with Gasteiger partial charge in [-0.2, -0.15) is 0 Å². The van der Waals surface area contributed by atoms with E-state index in [0.29, 0.717) is 47.5 Å². The van der Waals surface area contributed by atoms with Crippen molar-refractivity contribution in [3.05, 3.63) is 126 Å². The minimum Gasteiger partial charge on any atom is -0.459 e. The second kappa shape index (κ2) is 10.6. The number of furan rings is 1. The van der Waals surface area contributed by atoms with Crippen molar-refractivity contribution in [1.29, 1.82) is 0 Å². The van der Waals surface area contributed by atoms with E-state index in [9.17, 15) is 9.59 Å². The molecular weight excluding hydrogens is 490 g/mol. The highest BCUT2D eigenvalue weighted by atomic mass is 16.3. The number of fused-ring (bicyclic) bond motifs is 2. The van der Waals surface area contributed by atoms with Gasteiger partial charge in [-0.1, -0.05) is 72.8 Å². The van der Waals surface area contributed by atoms with Gasteiger partial charge in [0.2, 0.25) is 0 Å². The van der Waals surface area contributed by atoms with Crippen molar-refractivity contribution in [2.75, 3.05) is 11.9 Å². The molecule has 0 radical (unpaired) electrons. The Morgan fingerprint density at radius 3 is 2.10 bits per heavy atom. The van der Waals surface area contributed by atoms with Gasteiger partial charge in [-0.3, -0.25) is 9.59 Å². The van der Waals surface area contributed by atoms with Crippen molar-refractivity contribution >= 4 is 39.8 Å². The number of nitrogens with one attached hydrogen (secondary N) is 2. The van der Waals surface area contributed by atoms with Gasteiger partial charge in [0.05, 0.1) is 23.8 Å². The predicted octanol–water partition coefficient (Wildman–Crippen LogP) is 5.45. The fourth-order valence-corrected chi connectivity index (χ4v) is 4.59. The molecule has 2 amide bonds. The standard InChI is InChI=1S/C31H25N5O3/c37-30(25-16-9-19-39-25)35-28-26(31(38)32-18-17-21-10-3-1-4-11-21)27-29(34-24-15-8-7-14-23(24)33-27)36(28)20-22-12-5-2-6-13-22/h1-16,19H,17-18,20H2,(H,32,38)(H,35,37). The van der Waals surface area contributed by atoms with E-state index in [1.54, 1.807) is 12.1 Å². The van der Waals surface area contributed by atoms with E-state index in [4.69, 9.17) is 14.4 Å².